The van der Waals surface area contributed by atoms with Gasteiger partial charge in [-0.1, -0.05) is 24.3 Å². The Morgan fingerprint density at radius 3 is 2.83 bits per heavy atom. The molecule has 0 amide bonds. The minimum Gasteiger partial charge on any atom is -0.374 e. The predicted molar refractivity (Wildman–Crippen MR) is 114 cm³/mol. The Labute approximate surface area is 175 Å². The first-order chi connectivity index (χ1) is 14.7. The van der Waals surface area contributed by atoms with Gasteiger partial charge in [-0.3, -0.25) is 9.36 Å². The molecule has 154 valence electrons. The van der Waals surface area contributed by atoms with Gasteiger partial charge < -0.3 is 9.64 Å². The number of nitrogens with zero attached hydrogens (tertiary/aromatic N) is 5. The van der Waals surface area contributed by atoms with Crippen LogP contribution in [-0.2, 0) is 24.6 Å². The molecule has 3 aromatic rings. The summed E-state index contributed by atoms with van der Waals surface area (Å²) in [6, 6.07) is 12.0. The summed E-state index contributed by atoms with van der Waals surface area (Å²) < 4.78 is 7.81. The molecule has 0 radical (unpaired) electrons. The summed E-state index contributed by atoms with van der Waals surface area (Å²) in [4.78, 5) is 27.8. The molecule has 2 aromatic heterocycles. The van der Waals surface area contributed by atoms with Crippen LogP contribution in [0.25, 0.3) is 11.4 Å². The third kappa shape index (κ3) is 3.61. The lowest BCUT2D eigenvalue weighted by Gasteiger charge is -2.39. The fraction of sp³-hybridized carbons (Fsp3) is 0.391. The van der Waals surface area contributed by atoms with Gasteiger partial charge in [0.05, 0.1) is 24.1 Å². The molecule has 1 fully saturated rings. The van der Waals surface area contributed by atoms with Gasteiger partial charge in [-0.05, 0) is 42.4 Å². The van der Waals surface area contributed by atoms with Gasteiger partial charge in [-0.25, -0.2) is 15.0 Å². The average molecular weight is 403 g/mol. The number of hydrogen-bond donors (Lipinski definition) is 0. The van der Waals surface area contributed by atoms with Crippen LogP contribution in [-0.4, -0.2) is 45.3 Å². The van der Waals surface area contributed by atoms with E-state index in [1.807, 2.05) is 0 Å². The highest BCUT2D eigenvalue weighted by molar-refractivity contribution is 5.55. The lowest BCUT2D eigenvalue weighted by molar-refractivity contribution is -0.00312. The third-order valence-corrected chi connectivity index (χ3v) is 6.24. The zero-order valence-electron chi connectivity index (χ0n) is 17.1. The second-order valence-electron chi connectivity index (χ2n) is 8.06. The monoisotopic (exact) mass is 403 g/mol. The molecule has 3 heterocycles. The largest absolute Gasteiger partial charge is 0.374 e. The number of morpholine rings is 1. The first kappa shape index (κ1) is 18.9. The number of anilines is 1. The van der Waals surface area contributed by atoms with E-state index in [9.17, 15) is 4.79 Å². The Bertz CT molecular complexity index is 1100. The third-order valence-electron chi connectivity index (χ3n) is 6.24. The number of rotatable bonds is 3. The maximum atomic E-state index is 12.6. The normalized spacial score (nSPS) is 21.3. The summed E-state index contributed by atoms with van der Waals surface area (Å²) in [6.07, 6.45) is 6.53. The van der Waals surface area contributed by atoms with Gasteiger partial charge in [0.2, 0.25) is 5.95 Å². The Morgan fingerprint density at radius 1 is 1.13 bits per heavy atom. The topological polar surface area (TPSA) is 73.1 Å². The molecule has 7 heteroatoms. The summed E-state index contributed by atoms with van der Waals surface area (Å²) in [5.74, 6) is 1.14. The molecule has 2 aliphatic rings. The summed E-state index contributed by atoms with van der Waals surface area (Å²) in [7, 11) is 1.77. The van der Waals surface area contributed by atoms with Gasteiger partial charge in [-0.2, -0.15) is 0 Å². The van der Waals surface area contributed by atoms with Crippen molar-refractivity contribution >= 4 is 5.95 Å². The Morgan fingerprint density at radius 2 is 2.00 bits per heavy atom. The number of hydrogen-bond acceptors (Lipinski definition) is 6. The highest BCUT2D eigenvalue weighted by Gasteiger charge is 2.32. The summed E-state index contributed by atoms with van der Waals surface area (Å²) in [6.45, 7) is 2.09. The van der Waals surface area contributed by atoms with Crippen molar-refractivity contribution in [1.29, 1.82) is 0 Å². The first-order valence-corrected chi connectivity index (χ1v) is 10.5. The molecule has 1 saturated heterocycles. The SMILES string of the molecule is Cn1c(N2CCOC(C3CCc4ccccc4C3)C2)nc(-c2ccncn2)cc1=O. The summed E-state index contributed by atoms with van der Waals surface area (Å²) in [5, 5.41) is 0. The van der Waals surface area contributed by atoms with Crippen LogP contribution in [0.5, 0.6) is 0 Å². The summed E-state index contributed by atoms with van der Waals surface area (Å²) >= 11 is 0. The highest BCUT2D eigenvalue weighted by Crippen LogP contribution is 2.31. The molecular formula is C23H25N5O2. The number of benzene rings is 1. The smallest absolute Gasteiger partial charge is 0.255 e. The lowest BCUT2D eigenvalue weighted by Crippen LogP contribution is -2.48. The van der Waals surface area contributed by atoms with E-state index < -0.39 is 0 Å². The van der Waals surface area contributed by atoms with Crippen LogP contribution in [0.15, 0.2) is 53.7 Å². The predicted octanol–water partition coefficient (Wildman–Crippen LogP) is 2.25. The van der Waals surface area contributed by atoms with Crippen molar-refractivity contribution in [3.63, 3.8) is 0 Å². The van der Waals surface area contributed by atoms with E-state index in [0.717, 1.165) is 25.8 Å². The standard InChI is InChI=1S/C23H25N5O2/c1-27-22(29)13-20(19-8-9-24-15-25-19)26-23(27)28-10-11-30-21(14-28)18-7-6-16-4-2-3-5-17(16)12-18/h2-5,8-9,13,15,18,21H,6-7,10-12,14H2,1H3. The molecule has 1 aliphatic heterocycles. The van der Waals surface area contributed by atoms with Crippen molar-refractivity contribution in [3.05, 3.63) is 70.4 Å². The Balaban J connectivity index is 1.40. The maximum absolute atomic E-state index is 12.6. The van der Waals surface area contributed by atoms with Crippen molar-refractivity contribution < 1.29 is 4.74 Å². The van der Waals surface area contributed by atoms with Crippen LogP contribution < -0.4 is 10.5 Å². The van der Waals surface area contributed by atoms with E-state index in [-0.39, 0.29) is 11.7 Å². The van der Waals surface area contributed by atoms with Crippen molar-refractivity contribution in [3.8, 4) is 11.4 Å². The molecular weight excluding hydrogens is 378 g/mol. The average Bonchev–Trinajstić information content (AvgIpc) is 2.81. The van der Waals surface area contributed by atoms with Crippen LogP contribution in [0.1, 0.15) is 17.5 Å². The Hall–Kier alpha value is -3.06. The van der Waals surface area contributed by atoms with Gasteiger partial charge in [0.25, 0.3) is 5.56 Å². The number of fused-ring (bicyclic) bond motifs is 1. The van der Waals surface area contributed by atoms with Crippen LogP contribution in [0.2, 0.25) is 0 Å². The fourth-order valence-electron chi connectivity index (χ4n) is 4.57. The van der Waals surface area contributed by atoms with Crippen molar-refractivity contribution in [2.24, 2.45) is 13.0 Å². The van der Waals surface area contributed by atoms with Crippen molar-refractivity contribution in [1.82, 2.24) is 19.5 Å². The number of ether oxygens (including phenoxy) is 1. The molecule has 2 unspecified atom stereocenters. The quantitative estimate of drug-likeness (QED) is 0.668. The van der Waals surface area contributed by atoms with Gasteiger partial charge >= 0.3 is 0 Å². The molecule has 1 aromatic carbocycles. The van der Waals surface area contributed by atoms with E-state index in [2.05, 4.69) is 39.1 Å². The van der Waals surface area contributed by atoms with Gasteiger partial charge in [0.15, 0.2) is 0 Å². The van der Waals surface area contributed by atoms with E-state index in [1.54, 1.807) is 23.9 Å². The van der Waals surface area contributed by atoms with Crippen LogP contribution in [0.4, 0.5) is 5.95 Å². The van der Waals surface area contributed by atoms with Gasteiger partial charge in [0, 0.05) is 32.4 Å². The molecule has 5 rings (SSSR count). The fourth-order valence-corrected chi connectivity index (χ4v) is 4.57. The number of aryl methyl sites for hydroxylation is 1. The highest BCUT2D eigenvalue weighted by atomic mass is 16.5. The van der Waals surface area contributed by atoms with Crippen molar-refractivity contribution in [2.45, 2.75) is 25.4 Å². The lowest BCUT2D eigenvalue weighted by atomic mass is 9.80. The minimum absolute atomic E-state index is 0.0942. The molecule has 30 heavy (non-hydrogen) atoms. The van der Waals surface area contributed by atoms with E-state index in [4.69, 9.17) is 9.72 Å². The van der Waals surface area contributed by atoms with Crippen LogP contribution in [0, 0.1) is 5.92 Å². The number of aromatic nitrogens is 4. The zero-order chi connectivity index (χ0) is 20.5. The van der Waals surface area contributed by atoms with Gasteiger partial charge in [0.1, 0.15) is 6.33 Å². The molecule has 0 saturated carbocycles. The molecule has 7 nitrogen and oxygen atoms in total. The van der Waals surface area contributed by atoms with E-state index >= 15 is 0 Å². The van der Waals surface area contributed by atoms with Crippen LogP contribution >= 0.6 is 0 Å². The van der Waals surface area contributed by atoms with E-state index in [1.165, 1.54) is 23.5 Å². The molecule has 0 spiro atoms. The summed E-state index contributed by atoms with van der Waals surface area (Å²) in [5.41, 5.74) is 4.03. The molecule has 1 aliphatic carbocycles. The second kappa shape index (κ2) is 7.99. The Kier molecular flexibility index (Phi) is 5.04. The molecule has 2 atom stereocenters. The van der Waals surface area contributed by atoms with Gasteiger partial charge in [-0.15, -0.1) is 0 Å². The molecule has 0 N–H and O–H groups in total. The zero-order valence-corrected chi connectivity index (χ0v) is 17.1. The van der Waals surface area contributed by atoms with Crippen molar-refractivity contribution in [2.75, 3.05) is 24.6 Å². The molecule has 0 bridgehead atoms. The maximum Gasteiger partial charge on any atom is 0.255 e. The van der Waals surface area contributed by atoms with E-state index in [0.29, 0.717) is 36.4 Å². The van der Waals surface area contributed by atoms with Crippen LogP contribution in [0.3, 0.4) is 0 Å². The minimum atomic E-state index is -0.0942. The first-order valence-electron chi connectivity index (χ1n) is 10.5. The second-order valence-corrected chi connectivity index (χ2v) is 8.06.